The Morgan fingerprint density at radius 1 is 0.964 bits per heavy atom. The van der Waals surface area contributed by atoms with Gasteiger partial charge in [-0.05, 0) is 38.2 Å². The Hall–Kier alpha value is -1.13. The number of hydrogen-bond donors (Lipinski definition) is 4. The molecule has 8 nitrogen and oxygen atoms in total. The minimum absolute atomic E-state index is 0.208. The molecule has 0 saturated carbocycles. The van der Waals surface area contributed by atoms with Crippen molar-refractivity contribution in [1.82, 2.24) is 19.7 Å². The lowest BCUT2D eigenvalue weighted by Gasteiger charge is -2.33. The van der Waals surface area contributed by atoms with Gasteiger partial charge in [-0.2, -0.15) is 0 Å². The summed E-state index contributed by atoms with van der Waals surface area (Å²) in [5.74, 6) is 0. The zero-order valence-corrected chi connectivity index (χ0v) is 17.5. The van der Waals surface area contributed by atoms with Crippen molar-refractivity contribution in [3.63, 3.8) is 0 Å². The van der Waals surface area contributed by atoms with Crippen LogP contribution in [0.5, 0.6) is 0 Å². The van der Waals surface area contributed by atoms with E-state index in [1.807, 2.05) is 24.1 Å². The quantitative estimate of drug-likeness (QED) is 0.306. The second kappa shape index (κ2) is 13.9. The third-order valence-electron chi connectivity index (χ3n) is 5.01. The molecule has 1 aromatic heterocycles. The molecular weight excluding hydrogens is 360 g/mol. The number of nitrogens with zero attached hydrogens (tertiary/aromatic N) is 4. The fourth-order valence-corrected chi connectivity index (χ4v) is 3.19. The molecule has 0 amide bonds. The molecule has 3 atom stereocenters. The SMILES string of the molecule is CCN(CCN(CCN(C)[C@H](CO)[C@H](O)CO)Cc1ccncc1)C[C@H](C)O. The predicted molar refractivity (Wildman–Crippen MR) is 110 cm³/mol. The van der Waals surface area contributed by atoms with Crippen LogP contribution in [-0.2, 0) is 6.54 Å². The van der Waals surface area contributed by atoms with E-state index in [0.29, 0.717) is 13.1 Å². The molecule has 8 heteroatoms. The van der Waals surface area contributed by atoms with E-state index < -0.39 is 12.1 Å². The van der Waals surface area contributed by atoms with E-state index in [-0.39, 0.29) is 19.3 Å². The molecule has 0 fully saturated rings. The largest absolute Gasteiger partial charge is 0.395 e. The van der Waals surface area contributed by atoms with Crippen molar-refractivity contribution < 1.29 is 20.4 Å². The van der Waals surface area contributed by atoms with E-state index in [1.165, 1.54) is 5.56 Å². The molecule has 0 unspecified atom stereocenters. The van der Waals surface area contributed by atoms with Crippen molar-refractivity contribution in [1.29, 1.82) is 0 Å². The van der Waals surface area contributed by atoms with Crippen LogP contribution in [0.2, 0.25) is 0 Å². The van der Waals surface area contributed by atoms with Crippen molar-refractivity contribution in [2.75, 3.05) is 59.5 Å². The summed E-state index contributed by atoms with van der Waals surface area (Å²) in [5, 5.41) is 38.2. The summed E-state index contributed by atoms with van der Waals surface area (Å²) in [5.41, 5.74) is 1.17. The second-order valence-corrected chi connectivity index (χ2v) is 7.35. The van der Waals surface area contributed by atoms with Gasteiger partial charge in [-0.25, -0.2) is 0 Å². The Morgan fingerprint density at radius 2 is 1.57 bits per heavy atom. The van der Waals surface area contributed by atoms with Crippen LogP contribution < -0.4 is 0 Å². The molecule has 0 saturated heterocycles. The van der Waals surface area contributed by atoms with Crippen LogP contribution in [0, 0.1) is 0 Å². The molecule has 4 N–H and O–H groups in total. The summed E-state index contributed by atoms with van der Waals surface area (Å²) in [4.78, 5) is 10.5. The molecule has 0 spiro atoms. The summed E-state index contributed by atoms with van der Waals surface area (Å²) in [6.07, 6.45) is 2.24. The van der Waals surface area contributed by atoms with Gasteiger partial charge in [0.15, 0.2) is 0 Å². The van der Waals surface area contributed by atoms with E-state index in [0.717, 1.165) is 32.7 Å². The molecule has 28 heavy (non-hydrogen) atoms. The lowest BCUT2D eigenvalue weighted by Crippen LogP contribution is -2.48. The van der Waals surface area contributed by atoms with Crippen LogP contribution in [0.1, 0.15) is 19.4 Å². The van der Waals surface area contributed by atoms with Gasteiger partial charge in [0.1, 0.15) is 0 Å². The molecule has 0 aliphatic heterocycles. The topological polar surface area (TPSA) is 104 Å². The minimum Gasteiger partial charge on any atom is -0.395 e. The number of likely N-dealkylation sites (N-methyl/N-ethyl adjacent to an activating group) is 2. The fraction of sp³-hybridized carbons (Fsp3) is 0.750. The lowest BCUT2D eigenvalue weighted by molar-refractivity contribution is -0.00669. The van der Waals surface area contributed by atoms with Crippen LogP contribution in [0.4, 0.5) is 0 Å². The maximum Gasteiger partial charge on any atom is 0.0947 e. The van der Waals surface area contributed by atoms with Gasteiger partial charge in [0.25, 0.3) is 0 Å². The Morgan fingerprint density at radius 3 is 2.11 bits per heavy atom. The average molecular weight is 399 g/mol. The van der Waals surface area contributed by atoms with Crippen molar-refractivity contribution in [2.45, 2.75) is 38.6 Å². The number of aromatic nitrogens is 1. The van der Waals surface area contributed by atoms with Gasteiger partial charge in [-0.3, -0.25) is 19.7 Å². The highest BCUT2D eigenvalue weighted by Crippen LogP contribution is 2.07. The summed E-state index contributed by atoms with van der Waals surface area (Å²) < 4.78 is 0. The third-order valence-corrected chi connectivity index (χ3v) is 5.01. The first kappa shape index (κ1) is 24.9. The van der Waals surface area contributed by atoms with Gasteiger partial charge < -0.3 is 20.4 Å². The number of rotatable bonds is 15. The second-order valence-electron chi connectivity index (χ2n) is 7.35. The number of aliphatic hydroxyl groups excluding tert-OH is 4. The van der Waals surface area contributed by atoms with Crippen molar-refractivity contribution in [3.05, 3.63) is 30.1 Å². The molecule has 0 aliphatic rings. The Kier molecular flexibility index (Phi) is 12.4. The molecule has 0 aromatic carbocycles. The third kappa shape index (κ3) is 9.38. The maximum atomic E-state index is 9.88. The molecule has 0 bridgehead atoms. The van der Waals surface area contributed by atoms with E-state index in [1.54, 1.807) is 19.3 Å². The van der Waals surface area contributed by atoms with Crippen molar-refractivity contribution in [2.24, 2.45) is 0 Å². The average Bonchev–Trinajstić information content (AvgIpc) is 2.69. The van der Waals surface area contributed by atoms with E-state index >= 15 is 0 Å². The Bertz CT molecular complexity index is 506. The molecule has 1 heterocycles. The normalized spacial score (nSPS) is 15.4. The maximum absolute atomic E-state index is 9.88. The van der Waals surface area contributed by atoms with Gasteiger partial charge >= 0.3 is 0 Å². The predicted octanol–water partition coefficient (Wildman–Crippen LogP) is -0.768. The van der Waals surface area contributed by atoms with E-state index in [2.05, 4.69) is 21.7 Å². The van der Waals surface area contributed by atoms with Crippen LogP contribution in [0.3, 0.4) is 0 Å². The Labute approximate surface area is 169 Å². The molecule has 1 aromatic rings. The smallest absolute Gasteiger partial charge is 0.0947 e. The van der Waals surface area contributed by atoms with Gasteiger partial charge in [0.2, 0.25) is 0 Å². The van der Waals surface area contributed by atoms with Crippen LogP contribution in [0.25, 0.3) is 0 Å². The van der Waals surface area contributed by atoms with Gasteiger partial charge in [0.05, 0.1) is 31.5 Å². The first-order valence-corrected chi connectivity index (χ1v) is 10.0. The van der Waals surface area contributed by atoms with E-state index in [9.17, 15) is 20.4 Å². The molecule has 0 radical (unpaired) electrons. The summed E-state index contributed by atoms with van der Waals surface area (Å²) >= 11 is 0. The van der Waals surface area contributed by atoms with Crippen LogP contribution in [-0.4, -0.2) is 118 Å². The summed E-state index contributed by atoms with van der Waals surface area (Å²) in [6, 6.07) is 3.50. The van der Waals surface area contributed by atoms with Crippen LogP contribution in [0.15, 0.2) is 24.5 Å². The highest BCUT2D eigenvalue weighted by Gasteiger charge is 2.22. The summed E-state index contributed by atoms with van der Waals surface area (Å²) in [7, 11) is 1.84. The van der Waals surface area contributed by atoms with Crippen molar-refractivity contribution in [3.8, 4) is 0 Å². The lowest BCUT2D eigenvalue weighted by atomic mass is 10.1. The highest BCUT2D eigenvalue weighted by atomic mass is 16.3. The first-order chi connectivity index (χ1) is 13.4. The van der Waals surface area contributed by atoms with Gasteiger partial charge in [-0.15, -0.1) is 0 Å². The fourth-order valence-electron chi connectivity index (χ4n) is 3.19. The molecule has 0 aliphatic carbocycles. The first-order valence-electron chi connectivity index (χ1n) is 10.0. The monoisotopic (exact) mass is 398 g/mol. The molecule has 162 valence electrons. The van der Waals surface area contributed by atoms with Gasteiger partial charge in [-0.1, -0.05) is 6.92 Å². The Balaban J connectivity index is 2.69. The highest BCUT2D eigenvalue weighted by molar-refractivity contribution is 5.09. The van der Waals surface area contributed by atoms with Gasteiger partial charge in [0, 0.05) is 51.7 Å². The standard InChI is InChI=1S/C20H38N4O4/c1-4-23(13-17(2)27)11-12-24(14-18-5-7-21-8-6-18)10-9-22(3)19(15-25)20(28)16-26/h5-8,17,19-20,25-28H,4,9-16H2,1-3H3/t17-,19+,20+/m0/s1. The zero-order valence-electron chi connectivity index (χ0n) is 17.5. The number of hydrogen-bond acceptors (Lipinski definition) is 8. The van der Waals surface area contributed by atoms with Crippen LogP contribution >= 0.6 is 0 Å². The number of pyridine rings is 1. The molecular formula is C20H38N4O4. The molecule has 1 rings (SSSR count). The number of aliphatic hydroxyl groups is 4. The van der Waals surface area contributed by atoms with Crippen molar-refractivity contribution >= 4 is 0 Å². The van der Waals surface area contributed by atoms with E-state index in [4.69, 9.17) is 0 Å². The minimum atomic E-state index is -0.967. The zero-order chi connectivity index (χ0) is 20.9. The summed E-state index contributed by atoms with van der Waals surface area (Å²) in [6.45, 7) is 8.69.